The van der Waals surface area contributed by atoms with Crippen LogP contribution in [-0.2, 0) is 66.8 Å². The molecule has 8 aromatic heterocycles. The number of hydrogen-bond donors (Lipinski definition) is 4. The fraction of sp³-hybridized carbons (Fsp3) is 0.364. The van der Waals surface area contributed by atoms with Gasteiger partial charge < -0.3 is 57.8 Å². The lowest BCUT2D eigenvalue weighted by Gasteiger charge is -2.20. The lowest BCUT2D eigenvalue weighted by Crippen LogP contribution is -2.12. The maximum Gasteiger partial charge on any atom is 0.123 e. The summed E-state index contributed by atoms with van der Waals surface area (Å²) >= 11 is 0. The first-order chi connectivity index (χ1) is 54.0. The Hall–Kier alpha value is -11.4. The van der Waals surface area contributed by atoms with Gasteiger partial charge in [0.15, 0.2) is 0 Å². The highest BCUT2D eigenvalue weighted by Crippen LogP contribution is 2.46. The van der Waals surface area contributed by atoms with Crippen molar-refractivity contribution in [2.45, 2.75) is 131 Å². The first kappa shape index (κ1) is 73.4. The minimum absolute atomic E-state index is 0.151. The maximum atomic E-state index is 6.13. The van der Waals surface area contributed by atoms with Crippen molar-refractivity contribution in [1.29, 1.82) is 0 Å². The Morgan fingerprint density at radius 1 is 0.259 bits per heavy atom. The second-order valence-electron chi connectivity index (χ2n) is 33.4. The summed E-state index contributed by atoms with van der Waals surface area (Å²) in [6.07, 6.45) is 8.01. The number of aromatic nitrogens is 16. The molecule has 0 saturated heterocycles. The molecule has 4 N–H and O–H groups in total. The minimum Gasteiger partial charge on any atom is -0.491 e. The monoisotopic (exact) mass is 1500 g/mol. The maximum absolute atomic E-state index is 6.13. The number of fused-ring (bicyclic) bond motifs is 20. The molecule has 9 heterocycles. The van der Waals surface area contributed by atoms with Crippen molar-refractivity contribution in [2.75, 3.05) is 79.3 Å². The molecule has 0 atom stereocenters. The third-order valence-electron chi connectivity index (χ3n) is 21.3. The Labute approximate surface area is 648 Å². The summed E-state index contributed by atoms with van der Waals surface area (Å²) in [7, 11) is 0. The number of nitrogens with zero attached hydrogens (tertiary/aromatic N) is 12. The van der Waals surface area contributed by atoms with Gasteiger partial charge in [-0.15, -0.1) is 20.4 Å². The smallest absolute Gasteiger partial charge is 0.123 e. The molecule has 0 fully saturated rings. The zero-order chi connectivity index (χ0) is 77.2. The van der Waals surface area contributed by atoms with Gasteiger partial charge in [0, 0.05) is 77.5 Å². The van der Waals surface area contributed by atoms with Crippen molar-refractivity contribution in [3.8, 4) is 68.0 Å². The summed E-state index contributed by atoms with van der Waals surface area (Å²) in [5.41, 5.74) is 19.1. The van der Waals surface area contributed by atoms with Gasteiger partial charge in [-0.25, -0.2) is 18.7 Å². The minimum atomic E-state index is -0.151. The van der Waals surface area contributed by atoms with E-state index in [0.29, 0.717) is 128 Å². The number of H-pyrrole nitrogens is 4. The van der Waals surface area contributed by atoms with Crippen LogP contribution in [0, 0.1) is 0 Å². The van der Waals surface area contributed by atoms with Gasteiger partial charge in [0.2, 0.25) is 0 Å². The Balaban J connectivity index is 0.610. The van der Waals surface area contributed by atoms with Gasteiger partial charge in [-0.05, 0) is 117 Å². The van der Waals surface area contributed by atoms with Crippen LogP contribution in [0.25, 0.3) is 132 Å². The van der Waals surface area contributed by atoms with E-state index in [2.05, 4.69) is 197 Å². The summed E-state index contributed by atoms with van der Waals surface area (Å²) in [6.45, 7) is 33.6. The predicted octanol–water partition coefficient (Wildman–Crippen LogP) is 17.1. The van der Waals surface area contributed by atoms with Crippen LogP contribution in [-0.4, -0.2) is 159 Å². The number of hydrogen-bond acceptors (Lipinski definition) is 16. The molecular formula is C88H96N16O8. The molecule has 0 unspecified atom stereocenters. The zero-order valence-corrected chi connectivity index (χ0v) is 65.8. The number of nitrogens with one attached hydrogen (secondary N) is 4. The van der Waals surface area contributed by atoms with Crippen molar-refractivity contribution >= 4 is 87.2 Å². The van der Waals surface area contributed by atoms with E-state index in [0.717, 1.165) is 132 Å². The molecule has 0 radical (unpaired) electrons. The molecule has 24 heteroatoms. The van der Waals surface area contributed by atoms with E-state index in [4.69, 9.17) is 58.3 Å². The Bertz CT molecular complexity index is 5420. The van der Waals surface area contributed by atoms with Crippen LogP contribution in [0.1, 0.15) is 105 Å². The van der Waals surface area contributed by atoms with Gasteiger partial charge >= 0.3 is 0 Å². The summed E-state index contributed by atoms with van der Waals surface area (Å²) in [5.74, 6) is 2.74. The van der Waals surface area contributed by atoms with Crippen molar-refractivity contribution in [1.82, 2.24) is 79.9 Å². The summed E-state index contributed by atoms with van der Waals surface area (Å²) in [4.78, 5) is 15.6. The van der Waals surface area contributed by atoms with Gasteiger partial charge in [-0.3, -0.25) is 0 Å². The highest BCUT2D eigenvalue weighted by molar-refractivity contribution is 6.26. The summed E-state index contributed by atoms with van der Waals surface area (Å²) < 4.78 is 56.3. The topological polar surface area (TPSA) is 260 Å². The first-order valence-electron chi connectivity index (χ1n) is 38.8. The van der Waals surface area contributed by atoms with Crippen LogP contribution in [0.15, 0.2) is 146 Å². The zero-order valence-electron chi connectivity index (χ0n) is 65.8. The average Bonchev–Trinajstić information content (AvgIpc) is 1.57. The number of aromatic amines is 4. The van der Waals surface area contributed by atoms with Gasteiger partial charge in [-0.1, -0.05) is 140 Å². The molecule has 112 heavy (non-hydrogen) atoms. The number of ether oxygens (including phenoxy) is 8. The van der Waals surface area contributed by atoms with Gasteiger partial charge in [0.25, 0.3) is 0 Å². The molecule has 20 bridgehead atoms. The van der Waals surface area contributed by atoms with Crippen LogP contribution in [0.4, 0.5) is 0 Å². The summed E-state index contributed by atoms with van der Waals surface area (Å²) in [5, 5.41) is 46.4. The lowest BCUT2D eigenvalue weighted by atomic mass is 9.84. The predicted molar refractivity (Wildman–Crippen MR) is 439 cm³/mol. The molecule has 0 aliphatic carbocycles. The number of benzene rings is 8. The third kappa shape index (κ3) is 14.9. The normalized spacial score (nSPS) is 15.2. The largest absolute Gasteiger partial charge is 0.491 e. The second kappa shape index (κ2) is 29.7. The number of rotatable bonds is 0. The molecule has 1 aliphatic heterocycles. The van der Waals surface area contributed by atoms with Crippen molar-refractivity contribution in [2.24, 2.45) is 0 Å². The van der Waals surface area contributed by atoms with Crippen LogP contribution in [0.3, 0.4) is 0 Å². The van der Waals surface area contributed by atoms with E-state index in [-0.39, 0.29) is 21.7 Å². The van der Waals surface area contributed by atoms with E-state index in [9.17, 15) is 0 Å². The molecule has 16 aromatic rings. The molecular weight excluding hydrogens is 1410 g/mol. The van der Waals surface area contributed by atoms with Crippen LogP contribution >= 0.6 is 0 Å². The molecule has 0 spiro atoms. The molecule has 24 nitrogen and oxygen atoms in total. The van der Waals surface area contributed by atoms with Crippen molar-refractivity contribution in [3.63, 3.8) is 0 Å². The van der Waals surface area contributed by atoms with Crippen molar-refractivity contribution < 1.29 is 37.9 Å². The molecule has 0 amide bonds. The Kier molecular flexibility index (Phi) is 19.4. The standard InChI is InChI=1S/C88H96N16O8/c1-85(2,3)53-39-65-61-19-20-62-66-40-54(86(4,5)6)44-70-74-50-102(98-94-74)24-28-106-32-36-111-59-17-14-18-60(48-59)112-38-34-108-30-26-104-52-76(96-100-104)72-46-56(88(10,11)12)42-68-64-22-21-63-67-41-55(87(7,8)9)45-71(79(67)91-83(63)84(64)92-80(68)72)75-51-103(99-95-75)25-29-107-33-37-110-58-16-13-15-57(47-58)109-35-31-105-27-23-101-49-73(93-97-101)69(43-53)77(65)89-81(61)82(62)90-78(66)70/h13-22,39-52,89-92H,23-38H2,1-12H3. The van der Waals surface area contributed by atoms with Gasteiger partial charge in [0.1, 0.15) is 72.2 Å². The second-order valence-corrected chi connectivity index (χ2v) is 33.4. The van der Waals surface area contributed by atoms with Gasteiger partial charge in [0.05, 0.1) is 148 Å². The molecule has 8 aromatic carbocycles. The van der Waals surface area contributed by atoms with E-state index >= 15 is 0 Å². The highest BCUT2D eigenvalue weighted by Gasteiger charge is 2.28. The molecule has 17 rings (SSSR count). The van der Waals surface area contributed by atoms with E-state index in [1.807, 2.05) is 92.0 Å². The van der Waals surface area contributed by atoms with Crippen LogP contribution in [0.5, 0.6) is 23.0 Å². The van der Waals surface area contributed by atoms with Gasteiger partial charge in [-0.2, -0.15) is 0 Å². The van der Waals surface area contributed by atoms with Crippen LogP contribution < -0.4 is 18.9 Å². The average molecular weight is 1510 g/mol. The molecule has 576 valence electrons. The van der Waals surface area contributed by atoms with Crippen LogP contribution in [0.2, 0.25) is 0 Å². The Morgan fingerprint density at radius 2 is 0.491 bits per heavy atom. The first-order valence-corrected chi connectivity index (χ1v) is 38.8. The molecule has 0 saturated carbocycles. The fourth-order valence-electron chi connectivity index (χ4n) is 15.0. The third-order valence-corrected chi connectivity index (χ3v) is 21.3. The quantitative estimate of drug-likeness (QED) is 0.110. The van der Waals surface area contributed by atoms with Crippen molar-refractivity contribution in [3.05, 3.63) is 168 Å². The lowest BCUT2D eigenvalue weighted by molar-refractivity contribution is 0.0901. The molecule has 1 aliphatic rings. The fourth-order valence-corrected chi connectivity index (χ4v) is 15.0. The SMILES string of the molecule is CC(C)(C)c1cc2c3[nH]c4c(ccc5c6cc(C(C)(C)C)cc(c6[nH]c54)-c4cn(nn4)CCOCCOc4cccc(c4)OCCOCCn4cc(nn4)-c4cc(C(C)(C)C)cc5c4[nH]c4c5ccc5c6cc(C(C)(C)C)cc(c6[nH]c54)-c4cn(nn4)CCOCCOc4cccc(c4)OCCOCCn4cc-2nn4)c3c1. The summed E-state index contributed by atoms with van der Waals surface area (Å²) in [6, 6.07) is 42.5. The Morgan fingerprint density at radius 3 is 0.714 bits per heavy atom. The van der Waals surface area contributed by atoms with E-state index < -0.39 is 0 Å². The van der Waals surface area contributed by atoms with E-state index in [1.54, 1.807) is 0 Å². The van der Waals surface area contributed by atoms with E-state index in [1.165, 1.54) is 22.3 Å². The highest BCUT2D eigenvalue weighted by atomic mass is 16.5.